The zero-order chi connectivity index (χ0) is 22.9. The average Bonchev–Trinajstić information content (AvgIpc) is 3.53. The number of hydrogen-bond donors (Lipinski definition) is 2. The highest BCUT2D eigenvalue weighted by molar-refractivity contribution is 5.96. The Morgan fingerprint density at radius 3 is 2.48 bits per heavy atom. The van der Waals surface area contributed by atoms with E-state index in [4.69, 9.17) is 5.73 Å². The second-order valence-electron chi connectivity index (χ2n) is 8.81. The molecule has 3 aromatic heterocycles. The van der Waals surface area contributed by atoms with Gasteiger partial charge in [-0.2, -0.15) is 5.10 Å². The Morgan fingerprint density at radius 1 is 1.03 bits per heavy atom. The molecule has 0 aliphatic heterocycles. The molecule has 1 aliphatic carbocycles. The molecule has 0 saturated heterocycles. The van der Waals surface area contributed by atoms with Crippen molar-refractivity contribution < 1.29 is 8.78 Å². The number of hydrogen-bond acceptors (Lipinski definition) is 3. The Hall–Kier alpha value is -3.72. The van der Waals surface area contributed by atoms with Gasteiger partial charge in [-0.05, 0) is 55.7 Å². The Kier molecular flexibility index (Phi) is 4.31. The molecule has 2 atom stereocenters. The topological polar surface area (TPSA) is 86.6 Å². The molecule has 0 radical (unpaired) electrons. The summed E-state index contributed by atoms with van der Waals surface area (Å²) in [5.74, 6) is -0.437. The number of aryl methyl sites for hydroxylation is 1. The maximum Gasteiger partial charge on any atom is 0.348 e. The van der Waals surface area contributed by atoms with Crippen LogP contribution in [0.2, 0.25) is 0 Å². The van der Waals surface area contributed by atoms with Gasteiger partial charge in [-0.15, -0.1) is 0 Å². The molecule has 0 spiro atoms. The summed E-state index contributed by atoms with van der Waals surface area (Å²) in [6.45, 7) is 0. The van der Waals surface area contributed by atoms with Crippen LogP contribution in [0.25, 0.3) is 38.9 Å². The molecule has 33 heavy (non-hydrogen) atoms. The molecule has 1 saturated carbocycles. The Bertz CT molecular complexity index is 1590. The van der Waals surface area contributed by atoms with Crippen molar-refractivity contribution in [3.8, 4) is 17.1 Å². The molecule has 0 bridgehead atoms. The lowest BCUT2D eigenvalue weighted by Gasteiger charge is -2.13. The second kappa shape index (κ2) is 7.14. The standard InChI is InChI=1S/C24H22F2N6O/c1-30-11-19(17-8-13(25)2-6-20(17)30)23-28-29-24(33)32(23)22-12-31(16-5-4-15(27)10-16)21-7-3-14(26)9-18(21)22/h2-3,6-9,11-12,15-16H,4-5,10,27H2,1H3,(H,29,33). The van der Waals surface area contributed by atoms with Crippen LogP contribution < -0.4 is 11.4 Å². The Balaban J connectivity index is 1.62. The first kappa shape index (κ1) is 19.9. The van der Waals surface area contributed by atoms with Gasteiger partial charge in [0.25, 0.3) is 0 Å². The van der Waals surface area contributed by atoms with Crippen LogP contribution in [0.5, 0.6) is 0 Å². The first-order valence-electron chi connectivity index (χ1n) is 10.9. The molecule has 2 unspecified atom stereocenters. The number of aromatic amines is 1. The maximum atomic E-state index is 14.3. The quantitative estimate of drug-likeness (QED) is 0.437. The highest BCUT2D eigenvalue weighted by atomic mass is 19.1. The molecule has 3 heterocycles. The molecule has 7 nitrogen and oxygen atoms in total. The zero-order valence-electron chi connectivity index (χ0n) is 17.9. The van der Waals surface area contributed by atoms with Gasteiger partial charge >= 0.3 is 5.69 Å². The summed E-state index contributed by atoms with van der Waals surface area (Å²) >= 11 is 0. The summed E-state index contributed by atoms with van der Waals surface area (Å²) in [5, 5.41) is 8.03. The van der Waals surface area contributed by atoms with Crippen LogP contribution in [0.15, 0.2) is 53.6 Å². The van der Waals surface area contributed by atoms with Crippen molar-refractivity contribution in [2.45, 2.75) is 31.3 Å². The number of nitrogens with one attached hydrogen (secondary N) is 1. The highest BCUT2D eigenvalue weighted by Gasteiger charge is 2.27. The summed E-state index contributed by atoms with van der Waals surface area (Å²) in [6, 6.07) is 9.38. The zero-order valence-corrected chi connectivity index (χ0v) is 17.9. The number of halogens is 2. The molecule has 3 N–H and O–H groups in total. The predicted molar refractivity (Wildman–Crippen MR) is 122 cm³/mol. The monoisotopic (exact) mass is 448 g/mol. The lowest BCUT2D eigenvalue weighted by Crippen LogP contribution is -2.16. The van der Waals surface area contributed by atoms with E-state index in [1.165, 1.54) is 28.8 Å². The van der Waals surface area contributed by atoms with E-state index in [9.17, 15) is 13.6 Å². The fourth-order valence-corrected chi connectivity index (χ4v) is 5.18. The second-order valence-corrected chi connectivity index (χ2v) is 8.81. The van der Waals surface area contributed by atoms with Crippen LogP contribution in [0, 0.1) is 11.6 Å². The van der Waals surface area contributed by atoms with Crippen LogP contribution in [0.3, 0.4) is 0 Å². The first-order valence-corrected chi connectivity index (χ1v) is 10.9. The third kappa shape index (κ3) is 3.03. The normalized spacial score (nSPS) is 18.7. The van der Waals surface area contributed by atoms with Crippen molar-refractivity contribution in [2.75, 3.05) is 0 Å². The minimum Gasteiger partial charge on any atom is -0.350 e. The van der Waals surface area contributed by atoms with Crippen molar-refractivity contribution in [3.63, 3.8) is 0 Å². The smallest absolute Gasteiger partial charge is 0.348 e. The van der Waals surface area contributed by atoms with E-state index in [1.54, 1.807) is 12.1 Å². The first-order chi connectivity index (χ1) is 15.9. The molecule has 5 aromatic rings. The van der Waals surface area contributed by atoms with Gasteiger partial charge in [-0.1, -0.05) is 0 Å². The van der Waals surface area contributed by atoms with E-state index < -0.39 is 11.5 Å². The summed E-state index contributed by atoms with van der Waals surface area (Å²) < 4.78 is 33.8. The lowest BCUT2D eigenvalue weighted by molar-refractivity contribution is 0.525. The van der Waals surface area contributed by atoms with Crippen molar-refractivity contribution in [3.05, 3.63) is 70.9 Å². The summed E-state index contributed by atoms with van der Waals surface area (Å²) in [6.07, 6.45) is 6.33. The fraction of sp³-hybridized carbons (Fsp3) is 0.250. The summed E-state index contributed by atoms with van der Waals surface area (Å²) in [5.41, 5.74) is 8.45. The average molecular weight is 448 g/mol. The van der Waals surface area contributed by atoms with E-state index in [-0.39, 0.29) is 17.9 Å². The summed E-state index contributed by atoms with van der Waals surface area (Å²) in [7, 11) is 1.85. The van der Waals surface area contributed by atoms with Gasteiger partial charge in [-0.25, -0.2) is 23.2 Å². The van der Waals surface area contributed by atoms with E-state index in [2.05, 4.69) is 14.8 Å². The highest BCUT2D eigenvalue weighted by Crippen LogP contribution is 2.37. The third-order valence-corrected chi connectivity index (χ3v) is 6.72. The maximum absolute atomic E-state index is 14.3. The number of H-pyrrole nitrogens is 1. The van der Waals surface area contributed by atoms with E-state index in [1.807, 2.05) is 24.0 Å². The van der Waals surface area contributed by atoms with Gasteiger partial charge in [0, 0.05) is 53.4 Å². The van der Waals surface area contributed by atoms with Gasteiger partial charge < -0.3 is 14.9 Å². The molecule has 168 valence electrons. The van der Waals surface area contributed by atoms with Gasteiger partial charge in [0.15, 0.2) is 5.82 Å². The third-order valence-electron chi connectivity index (χ3n) is 6.72. The fourth-order valence-electron chi connectivity index (χ4n) is 5.18. The molecule has 9 heteroatoms. The van der Waals surface area contributed by atoms with Crippen LogP contribution in [-0.2, 0) is 7.05 Å². The van der Waals surface area contributed by atoms with E-state index in [0.717, 1.165) is 30.3 Å². The summed E-state index contributed by atoms with van der Waals surface area (Å²) in [4.78, 5) is 13.0. The van der Waals surface area contributed by atoms with Gasteiger partial charge in [0.1, 0.15) is 11.6 Å². The SMILES string of the molecule is Cn1cc(-c2n[nH]c(=O)n2-c2cn(C3CCC(N)C3)c3ccc(F)cc23)c2cc(F)ccc21. The van der Waals surface area contributed by atoms with Crippen LogP contribution in [-0.4, -0.2) is 29.9 Å². The molecule has 1 fully saturated rings. The largest absolute Gasteiger partial charge is 0.350 e. The van der Waals surface area contributed by atoms with Crippen molar-refractivity contribution in [1.82, 2.24) is 23.9 Å². The molecule has 2 aromatic carbocycles. The van der Waals surface area contributed by atoms with Gasteiger partial charge in [-0.3, -0.25) is 0 Å². The van der Waals surface area contributed by atoms with Crippen molar-refractivity contribution in [2.24, 2.45) is 12.8 Å². The predicted octanol–water partition coefficient (Wildman–Crippen LogP) is 4.00. The number of nitrogens with zero attached hydrogens (tertiary/aromatic N) is 4. The van der Waals surface area contributed by atoms with Crippen LogP contribution in [0.4, 0.5) is 8.78 Å². The molecular weight excluding hydrogens is 426 g/mol. The number of rotatable bonds is 3. The van der Waals surface area contributed by atoms with Gasteiger partial charge in [0.2, 0.25) is 0 Å². The molecule has 1 aliphatic rings. The molecular formula is C24H22F2N6O. The minimum atomic E-state index is -0.454. The van der Waals surface area contributed by atoms with Crippen molar-refractivity contribution >= 4 is 21.8 Å². The van der Waals surface area contributed by atoms with Crippen molar-refractivity contribution in [1.29, 1.82) is 0 Å². The number of fused-ring (bicyclic) bond motifs is 2. The molecule has 0 amide bonds. The van der Waals surface area contributed by atoms with Gasteiger partial charge in [0.05, 0.1) is 11.2 Å². The minimum absolute atomic E-state index is 0.120. The van der Waals surface area contributed by atoms with E-state index in [0.29, 0.717) is 27.8 Å². The number of benzene rings is 2. The van der Waals surface area contributed by atoms with Crippen LogP contribution in [0.1, 0.15) is 25.3 Å². The molecule has 6 rings (SSSR count). The Morgan fingerprint density at radius 2 is 1.76 bits per heavy atom. The number of aromatic nitrogens is 5. The number of nitrogens with two attached hydrogens (primary N) is 1. The van der Waals surface area contributed by atoms with Crippen LogP contribution >= 0.6 is 0 Å². The van der Waals surface area contributed by atoms with E-state index >= 15 is 0 Å². The lowest BCUT2D eigenvalue weighted by atomic mass is 10.1. The Labute approximate surface area is 187 Å².